The van der Waals surface area contributed by atoms with E-state index in [1.165, 1.54) is 4.90 Å². The van der Waals surface area contributed by atoms with Gasteiger partial charge in [-0.15, -0.1) is 0 Å². The van der Waals surface area contributed by atoms with Gasteiger partial charge >= 0.3 is 41.6 Å². The summed E-state index contributed by atoms with van der Waals surface area (Å²) in [5.41, 5.74) is 0.815. The second-order valence-electron chi connectivity index (χ2n) is 5.58. The van der Waals surface area contributed by atoms with E-state index in [0.717, 1.165) is 5.56 Å². The number of nitrogens with zero attached hydrogens (tertiary/aromatic N) is 2. The van der Waals surface area contributed by atoms with Gasteiger partial charge in [-0.05, 0) is 18.4 Å². The number of amides is 2. The fraction of sp³-hybridized carbons (Fsp3) is 0.429. The Hall–Kier alpha value is -1.17. The smallest absolute Gasteiger partial charge is 0.724 e. The van der Waals surface area contributed by atoms with Crippen LogP contribution in [-0.4, -0.2) is 53.6 Å². The van der Waals surface area contributed by atoms with Gasteiger partial charge in [-0.2, -0.15) is 9.35 Å². The summed E-state index contributed by atoms with van der Waals surface area (Å²) in [5, 5.41) is 0.535. The van der Waals surface area contributed by atoms with Crippen molar-refractivity contribution in [1.29, 1.82) is 0 Å². The third-order valence-corrected chi connectivity index (χ3v) is 4.33. The van der Waals surface area contributed by atoms with Gasteiger partial charge in [0, 0.05) is 6.54 Å². The molecule has 0 unspecified atom stereocenters. The summed E-state index contributed by atoms with van der Waals surface area (Å²) < 4.78 is 41.6. The molecule has 25 heavy (non-hydrogen) atoms. The number of hydrogen-bond donors (Lipinski definition) is 0. The first-order valence-corrected chi connectivity index (χ1v) is 8.64. The van der Waals surface area contributed by atoms with E-state index in [1.807, 2.05) is 18.2 Å². The van der Waals surface area contributed by atoms with Crippen LogP contribution in [0, 0.1) is 0 Å². The van der Waals surface area contributed by atoms with Crippen LogP contribution in [0.2, 0.25) is 0 Å². The van der Waals surface area contributed by atoms with Gasteiger partial charge in [0.2, 0.25) is 10.4 Å². The average molecular weight is 378 g/mol. The van der Waals surface area contributed by atoms with Crippen LogP contribution in [0.1, 0.15) is 18.4 Å². The van der Waals surface area contributed by atoms with Crippen molar-refractivity contribution in [2.45, 2.75) is 31.5 Å². The monoisotopic (exact) mass is 378 g/mol. The number of carbonyl (C=O) groups excluding carboxylic acids is 2. The van der Waals surface area contributed by atoms with Crippen LogP contribution in [0.3, 0.4) is 0 Å². The van der Waals surface area contributed by atoms with E-state index in [0.29, 0.717) is 17.9 Å². The zero-order valence-electron chi connectivity index (χ0n) is 13.5. The van der Waals surface area contributed by atoms with Crippen molar-refractivity contribution in [3.05, 3.63) is 35.9 Å². The summed E-state index contributed by atoms with van der Waals surface area (Å²) >= 11 is 0. The van der Waals surface area contributed by atoms with Gasteiger partial charge in [0.05, 0.1) is 6.04 Å². The molecule has 0 radical (unpaired) electrons. The van der Waals surface area contributed by atoms with Gasteiger partial charge in [-0.3, -0.25) is 0 Å². The molecule has 2 aliphatic heterocycles. The van der Waals surface area contributed by atoms with Crippen molar-refractivity contribution in [3.63, 3.8) is 0 Å². The van der Waals surface area contributed by atoms with Crippen molar-refractivity contribution in [2.24, 2.45) is 0 Å². The van der Waals surface area contributed by atoms with E-state index in [2.05, 4.69) is 4.28 Å². The number of fused-ring (bicyclic) bond motifs is 2. The number of carbonyl (C=O) groups is 2. The minimum atomic E-state index is -5.05. The molecule has 2 heterocycles. The zero-order chi connectivity index (χ0) is 17.3. The number of benzene rings is 1. The van der Waals surface area contributed by atoms with E-state index in [4.69, 9.17) is 4.74 Å². The molecule has 1 aromatic carbocycles. The van der Waals surface area contributed by atoms with Crippen molar-refractivity contribution >= 4 is 22.4 Å². The van der Waals surface area contributed by atoms with Crippen LogP contribution in [0.15, 0.2) is 30.3 Å². The molecule has 3 rings (SSSR count). The summed E-state index contributed by atoms with van der Waals surface area (Å²) in [6.45, 7) is 0.191. The fourth-order valence-electron chi connectivity index (χ4n) is 2.90. The minimum absolute atomic E-state index is 0. The maximum atomic E-state index is 12.2. The number of hydroxylamine groups is 2. The van der Waals surface area contributed by atoms with Crippen LogP contribution in [0.4, 0.5) is 4.79 Å². The van der Waals surface area contributed by atoms with Crippen LogP contribution >= 0.6 is 0 Å². The Morgan fingerprint density at radius 2 is 1.92 bits per heavy atom. The first-order chi connectivity index (χ1) is 11.3. The summed E-state index contributed by atoms with van der Waals surface area (Å²) in [4.78, 5) is 25.6. The number of piperidine rings is 1. The second kappa shape index (κ2) is 8.02. The largest absolute Gasteiger partial charge is 1.00 e. The number of urea groups is 1. The average Bonchev–Trinajstić information content (AvgIpc) is 2.77. The molecular weight excluding hydrogens is 363 g/mol. The van der Waals surface area contributed by atoms with Gasteiger partial charge in [0.25, 0.3) is 0 Å². The van der Waals surface area contributed by atoms with E-state index < -0.39 is 34.5 Å². The maximum Gasteiger partial charge on any atom is 1.00 e. The molecule has 9 nitrogen and oxygen atoms in total. The van der Waals surface area contributed by atoms with Crippen LogP contribution < -0.4 is 29.6 Å². The third-order valence-electron chi connectivity index (χ3n) is 3.99. The summed E-state index contributed by atoms with van der Waals surface area (Å²) in [6, 6.07) is 6.88. The molecule has 0 aromatic heterocycles. The first kappa shape index (κ1) is 20.1. The number of ether oxygens (including phenoxy) is 1. The predicted octanol–water partition coefficient (Wildman–Crippen LogP) is -2.61. The molecule has 2 saturated heterocycles. The molecule has 130 valence electrons. The van der Waals surface area contributed by atoms with E-state index in [1.54, 1.807) is 12.1 Å². The van der Waals surface area contributed by atoms with Crippen LogP contribution in [0.5, 0.6) is 0 Å². The quantitative estimate of drug-likeness (QED) is 0.239. The fourth-order valence-corrected chi connectivity index (χ4v) is 3.28. The molecule has 2 amide bonds. The zero-order valence-corrected chi connectivity index (χ0v) is 16.3. The molecule has 1 aromatic rings. The molecule has 0 aliphatic carbocycles. The Labute approximate surface area is 167 Å². The van der Waals surface area contributed by atoms with Gasteiger partial charge < -0.3 is 14.2 Å². The Balaban J connectivity index is 0.00000225. The standard InChI is InChI=1S/C14H16N2O7S.Na/c17-13(22-9-10-4-2-1-3-5-10)12-7-6-11-8-15(12)14(18)16(11)23-24(19,20)21;/h1-5,11-12H,6-9H2,(H,19,20,21);/q;+1/p-1/t11-,12-;/m1./s1. The van der Waals surface area contributed by atoms with Gasteiger partial charge in [-0.1, -0.05) is 30.3 Å². The number of rotatable bonds is 5. The molecule has 11 heteroatoms. The Morgan fingerprint density at radius 1 is 1.24 bits per heavy atom. The third kappa shape index (κ3) is 4.72. The number of hydrogen-bond acceptors (Lipinski definition) is 7. The Kier molecular flexibility index (Phi) is 6.46. The molecule has 0 N–H and O–H groups in total. The van der Waals surface area contributed by atoms with Gasteiger partial charge in [-0.25, -0.2) is 18.0 Å². The Bertz CT molecular complexity index is 743. The first-order valence-electron chi connectivity index (χ1n) is 7.31. The normalized spacial score (nSPS) is 22.5. The van der Waals surface area contributed by atoms with Crippen LogP contribution in [0.25, 0.3) is 0 Å². The molecule has 2 fully saturated rings. The van der Waals surface area contributed by atoms with E-state index in [9.17, 15) is 22.6 Å². The molecule has 0 spiro atoms. The molecule has 2 bridgehead atoms. The molecule has 2 atom stereocenters. The molecule has 0 saturated carbocycles. The summed E-state index contributed by atoms with van der Waals surface area (Å²) in [5.74, 6) is -0.572. The van der Waals surface area contributed by atoms with E-state index >= 15 is 0 Å². The van der Waals surface area contributed by atoms with Crippen molar-refractivity contribution in [3.8, 4) is 0 Å². The molecule has 2 aliphatic rings. The second-order valence-corrected chi connectivity index (χ2v) is 6.55. The van der Waals surface area contributed by atoms with Gasteiger partial charge in [0.15, 0.2) is 0 Å². The minimum Gasteiger partial charge on any atom is -0.724 e. The van der Waals surface area contributed by atoms with Gasteiger partial charge in [0.1, 0.15) is 12.6 Å². The van der Waals surface area contributed by atoms with Crippen molar-refractivity contribution in [2.75, 3.05) is 6.54 Å². The summed E-state index contributed by atoms with van der Waals surface area (Å²) in [7, 11) is -5.05. The topological polar surface area (TPSA) is 116 Å². The van der Waals surface area contributed by atoms with Crippen molar-refractivity contribution < 1.29 is 61.1 Å². The van der Waals surface area contributed by atoms with E-state index in [-0.39, 0.29) is 42.7 Å². The van der Waals surface area contributed by atoms with Crippen molar-refractivity contribution in [1.82, 2.24) is 9.96 Å². The Morgan fingerprint density at radius 3 is 2.56 bits per heavy atom. The molecular formula is C14H15N2NaO7S. The van der Waals surface area contributed by atoms with Crippen LogP contribution in [-0.2, 0) is 30.8 Å². The SMILES string of the molecule is O=C(OCc1ccccc1)[C@H]1CC[C@@H]2CN1C(=O)N2OS(=O)(=O)[O-].[Na+]. The maximum absolute atomic E-state index is 12.2. The summed E-state index contributed by atoms with van der Waals surface area (Å²) in [6.07, 6.45) is 0.645. The number of esters is 1. The predicted molar refractivity (Wildman–Crippen MR) is 77.8 cm³/mol.